The van der Waals surface area contributed by atoms with E-state index < -0.39 is 12.1 Å². The van der Waals surface area contributed by atoms with Gasteiger partial charge in [-0.2, -0.15) is 0 Å². The highest BCUT2D eigenvalue weighted by atomic mass is 35.5. The summed E-state index contributed by atoms with van der Waals surface area (Å²) < 4.78 is 27.2. The molecular formula is C24H25ClO7. The first-order valence-corrected chi connectivity index (χ1v) is 10.6. The van der Waals surface area contributed by atoms with Gasteiger partial charge in [-0.25, -0.2) is 4.79 Å². The van der Waals surface area contributed by atoms with Gasteiger partial charge in [0.25, 0.3) is 0 Å². The second-order valence-corrected chi connectivity index (χ2v) is 7.56. The molecule has 8 heteroatoms. The lowest BCUT2D eigenvalue weighted by atomic mass is 10.1. The summed E-state index contributed by atoms with van der Waals surface area (Å²) in [6.07, 6.45) is 0.416. The molecule has 0 radical (unpaired) electrons. The quantitative estimate of drug-likeness (QED) is 0.320. The molecule has 1 heterocycles. The highest BCUT2D eigenvalue weighted by molar-refractivity contribution is 6.32. The topological polar surface area (TPSA) is 84.2 Å². The van der Waals surface area contributed by atoms with E-state index in [2.05, 4.69) is 0 Å². The van der Waals surface area contributed by atoms with Crippen molar-refractivity contribution in [1.29, 1.82) is 0 Å². The highest BCUT2D eigenvalue weighted by Gasteiger charge is 2.18. The minimum absolute atomic E-state index is 0.0542. The Bertz CT molecular complexity index is 1150. The van der Waals surface area contributed by atoms with Gasteiger partial charge in [-0.15, -0.1) is 0 Å². The van der Waals surface area contributed by atoms with Crippen molar-refractivity contribution in [1.82, 2.24) is 0 Å². The van der Waals surface area contributed by atoms with Crippen LogP contribution in [0.15, 0.2) is 45.8 Å². The van der Waals surface area contributed by atoms with Crippen molar-refractivity contribution in [3.05, 3.63) is 63.0 Å². The number of hydrogen-bond acceptors (Lipinski definition) is 7. The van der Waals surface area contributed by atoms with Crippen LogP contribution >= 0.6 is 11.6 Å². The number of carbonyl (C=O) groups excluding carboxylic acids is 1. The number of fused-ring (bicyclic) bond motifs is 1. The molecule has 3 rings (SSSR count). The summed E-state index contributed by atoms with van der Waals surface area (Å²) in [4.78, 5) is 24.9. The number of halogens is 1. The van der Waals surface area contributed by atoms with Crippen LogP contribution in [-0.2, 0) is 14.3 Å². The van der Waals surface area contributed by atoms with Gasteiger partial charge in [0.15, 0.2) is 6.10 Å². The first-order chi connectivity index (χ1) is 15.3. The Balaban J connectivity index is 1.74. The van der Waals surface area contributed by atoms with Gasteiger partial charge in [-0.3, -0.25) is 4.79 Å². The van der Waals surface area contributed by atoms with Crippen LogP contribution in [0.25, 0.3) is 11.0 Å². The molecule has 0 bridgehead atoms. The van der Waals surface area contributed by atoms with E-state index in [-0.39, 0.29) is 17.8 Å². The average molecular weight is 461 g/mol. The molecule has 7 nitrogen and oxygen atoms in total. The summed E-state index contributed by atoms with van der Waals surface area (Å²) >= 11 is 6.19. The second kappa shape index (κ2) is 10.5. The first kappa shape index (κ1) is 23.6. The smallest absolute Gasteiger partial charge is 0.347 e. The average Bonchev–Trinajstić information content (AvgIpc) is 2.76. The van der Waals surface area contributed by atoms with Gasteiger partial charge in [0, 0.05) is 17.7 Å². The maximum atomic E-state index is 12.8. The Kier molecular flexibility index (Phi) is 7.77. The Hall–Kier alpha value is -3.03. The van der Waals surface area contributed by atoms with Gasteiger partial charge in [0.2, 0.25) is 11.2 Å². The maximum Gasteiger partial charge on any atom is 0.347 e. The summed E-state index contributed by atoms with van der Waals surface area (Å²) in [5, 5.41) is 0.979. The van der Waals surface area contributed by atoms with E-state index in [9.17, 15) is 9.59 Å². The van der Waals surface area contributed by atoms with Gasteiger partial charge in [-0.1, -0.05) is 11.6 Å². The Morgan fingerprint density at radius 3 is 2.50 bits per heavy atom. The van der Waals surface area contributed by atoms with Gasteiger partial charge in [-0.05, 0) is 63.1 Å². The van der Waals surface area contributed by atoms with E-state index in [1.165, 1.54) is 6.26 Å². The summed E-state index contributed by atoms with van der Waals surface area (Å²) in [5.74, 6) is 0.405. The highest BCUT2D eigenvalue weighted by Crippen LogP contribution is 2.29. The fourth-order valence-corrected chi connectivity index (χ4v) is 3.15. The SMILES string of the molecule is CCOCCOC(=O)[C@H](C)Oc1ccc2c(=O)c(Oc3cc(C)c(Cl)c(C)c3)coc2c1. The first-order valence-electron chi connectivity index (χ1n) is 10.2. The Morgan fingerprint density at radius 2 is 1.81 bits per heavy atom. The molecule has 32 heavy (non-hydrogen) atoms. The van der Waals surface area contributed by atoms with Crippen LogP contribution in [0.2, 0.25) is 5.02 Å². The lowest BCUT2D eigenvalue weighted by molar-refractivity contribution is -0.152. The zero-order valence-electron chi connectivity index (χ0n) is 18.4. The summed E-state index contributed by atoms with van der Waals surface area (Å²) in [5.41, 5.74) is 1.67. The molecule has 170 valence electrons. The third kappa shape index (κ3) is 5.60. The van der Waals surface area contributed by atoms with Crippen molar-refractivity contribution in [3.63, 3.8) is 0 Å². The van der Waals surface area contributed by atoms with Crippen molar-refractivity contribution < 1.29 is 28.2 Å². The Morgan fingerprint density at radius 1 is 1.09 bits per heavy atom. The number of benzene rings is 2. The minimum atomic E-state index is -0.834. The van der Waals surface area contributed by atoms with Gasteiger partial charge in [0.1, 0.15) is 30.0 Å². The molecule has 0 aliphatic heterocycles. The van der Waals surface area contributed by atoms with E-state index >= 15 is 0 Å². The van der Waals surface area contributed by atoms with Crippen LogP contribution < -0.4 is 14.9 Å². The third-order valence-electron chi connectivity index (χ3n) is 4.67. The van der Waals surface area contributed by atoms with E-state index in [0.717, 1.165) is 11.1 Å². The molecule has 0 fully saturated rings. The molecular weight excluding hydrogens is 436 g/mol. The molecule has 0 unspecified atom stereocenters. The number of esters is 1. The van der Waals surface area contributed by atoms with Crippen LogP contribution in [0.1, 0.15) is 25.0 Å². The molecule has 0 aliphatic rings. The van der Waals surface area contributed by atoms with Crippen LogP contribution in [-0.4, -0.2) is 31.9 Å². The van der Waals surface area contributed by atoms with Crippen molar-refractivity contribution in [2.75, 3.05) is 19.8 Å². The fraction of sp³-hybridized carbons (Fsp3) is 0.333. The molecule has 0 spiro atoms. The molecule has 0 aliphatic carbocycles. The normalized spacial score (nSPS) is 11.9. The molecule has 1 atom stereocenters. The molecule has 3 aromatic rings. The molecule has 0 saturated heterocycles. The lowest BCUT2D eigenvalue weighted by Crippen LogP contribution is -2.27. The standard InChI is InChI=1S/C24H25ClO7/c1-5-28-8-9-29-24(27)16(4)31-17-6-7-19-20(12-17)30-13-21(23(19)26)32-18-10-14(2)22(25)15(3)11-18/h6-7,10-13,16H,5,8-9H2,1-4H3/t16-/m0/s1. The molecule has 0 N–H and O–H groups in total. The van der Waals surface area contributed by atoms with E-state index in [1.807, 2.05) is 20.8 Å². The van der Waals surface area contributed by atoms with Gasteiger partial charge >= 0.3 is 5.97 Å². The predicted molar refractivity (Wildman–Crippen MR) is 121 cm³/mol. The van der Waals surface area contributed by atoms with Crippen LogP contribution in [0, 0.1) is 13.8 Å². The number of hydrogen-bond donors (Lipinski definition) is 0. The number of ether oxygens (including phenoxy) is 4. The van der Waals surface area contributed by atoms with Crippen LogP contribution in [0.5, 0.6) is 17.2 Å². The summed E-state index contributed by atoms with van der Waals surface area (Å²) in [6, 6.07) is 8.20. The predicted octanol–water partition coefficient (Wildman–Crippen LogP) is 5.20. The van der Waals surface area contributed by atoms with Gasteiger partial charge in [0.05, 0.1) is 12.0 Å². The van der Waals surface area contributed by atoms with Crippen LogP contribution in [0.3, 0.4) is 0 Å². The van der Waals surface area contributed by atoms with E-state index in [4.69, 9.17) is 35.0 Å². The minimum Gasteiger partial charge on any atom is -0.479 e. The fourth-order valence-electron chi connectivity index (χ4n) is 3.04. The van der Waals surface area contributed by atoms with Crippen molar-refractivity contribution in [3.8, 4) is 17.2 Å². The lowest BCUT2D eigenvalue weighted by Gasteiger charge is -2.14. The Labute approximate surface area is 190 Å². The zero-order valence-corrected chi connectivity index (χ0v) is 19.2. The number of rotatable bonds is 9. The van der Waals surface area contributed by atoms with E-state index in [0.29, 0.717) is 40.7 Å². The monoisotopic (exact) mass is 460 g/mol. The van der Waals surface area contributed by atoms with Crippen LogP contribution in [0.4, 0.5) is 0 Å². The van der Waals surface area contributed by atoms with Crippen molar-refractivity contribution in [2.24, 2.45) is 0 Å². The number of aryl methyl sites for hydroxylation is 2. The molecule has 2 aromatic carbocycles. The zero-order chi connectivity index (χ0) is 23.3. The number of carbonyl (C=O) groups is 1. The van der Waals surface area contributed by atoms with E-state index in [1.54, 1.807) is 37.3 Å². The molecule has 1 aromatic heterocycles. The molecule has 0 amide bonds. The maximum absolute atomic E-state index is 12.8. The summed E-state index contributed by atoms with van der Waals surface area (Å²) in [6.45, 7) is 8.21. The van der Waals surface area contributed by atoms with Crippen molar-refractivity contribution in [2.45, 2.75) is 33.8 Å². The second-order valence-electron chi connectivity index (χ2n) is 7.18. The molecule has 0 saturated carbocycles. The summed E-state index contributed by atoms with van der Waals surface area (Å²) in [7, 11) is 0. The largest absolute Gasteiger partial charge is 0.479 e. The van der Waals surface area contributed by atoms with Crippen molar-refractivity contribution >= 4 is 28.5 Å². The van der Waals surface area contributed by atoms with Gasteiger partial charge < -0.3 is 23.4 Å². The third-order valence-corrected chi connectivity index (χ3v) is 5.27.